The quantitative estimate of drug-likeness (QED) is 0.771. The lowest BCUT2D eigenvalue weighted by atomic mass is 10.1. The normalized spacial score (nSPS) is 10.8. The maximum atomic E-state index is 9.38. The smallest absolute Gasteiger partial charge is 0.227 e. The molecule has 0 amide bonds. The van der Waals surface area contributed by atoms with Gasteiger partial charge in [0, 0.05) is 17.1 Å². The molecule has 2 N–H and O–H groups in total. The second-order valence-corrected chi connectivity index (χ2v) is 4.70. The van der Waals surface area contributed by atoms with Crippen molar-refractivity contribution < 1.29 is 14.9 Å². The van der Waals surface area contributed by atoms with Crippen LogP contribution >= 0.6 is 0 Å². The molecule has 0 spiro atoms. The average Bonchev–Trinajstić information content (AvgIpc) is 2.55. The van der Waals surface area contributed by atoms with E-state index in [4.69, 9.17) is 9.84 Å². The average molecular weight is 281 g/mol. The zero-order valence-electron chi connectivity index (χ0n) is 11.4. The Bertz CT molecular complexity index is 771. The summed E-state index contributed by atoms with van der Waals surface area (Å²) in [5.74, 6) is 1.11. The van der Waals surface area contributed by atoms with Gasteiger partial charge in [-0.15, -0.1) is 0 Å². The van der Waals surface area contributed by atoms with Crippen LogP contribution in [0.4, 0.5) is 0 Å². The number of rotatable bonds is 4. The van der Waals surface area contributed by atoms with Gasteiger partial charge in [0.05, 0.1) is 13.2 Å². The third-order valence-corrected chi connectivity index (χ3v) is 3.31. The molecular formula is C17H15NO3. The van der Waals surface area contributed by atoms with Gasteiger partial charge in [0.15, 0.2) is 0 Å². The molecule has 0 bridgehead atoms. The van der Waals surface area contributed by atoms with Crippen molar-refractivity contribution in [2.45, 2.75) is 13.2 Å². The summed E-state index contributed by atoms with van der Waals surface area (Å²) in [5, 5.41) is 20.3. The van der Waals surface area contributed by atoms with Crippen molar-refractivity contribution in [3.63, 3.8) is 0 Å². The minimum atomic E-state index is -0.0617. The second-order valence-electron chi connectivity index (χ2n) is 4.70. The highest BCUT2D eigenvalue weighted by molar-refractivity contribution is 5.89. The van der Waals surface area contributed by atoms with Crippen molar-refractivity contribution in [3.8, 4) is 11.6 Å². The Labute approximate surface area is 122 Å². The van der Waals surface area contributed by atoms with Gasteiger partial charge >= 0.3 is 0 Å². The fraction of sp³-hybridized carbons (Fsp3) is 0.118. The minimum absolute atomic E-state index is 0.0329. The van der Waals surface area contributed by atoms with Gasteiger partial charge in [-0.2, -0.15) is 0 Å². The number of aliphatic hydroxyl groups excluding tert-OH is 2. The van der Waals surface area contributed by atoms with E-state index in [1.165, 1.54) is 0 Å². The number of aliphatic hydroxyl groups is 2. The molecule has 2 aromatic carbocycles. The van der Waals surface area contributed by atoms with E-state index < -0.39 is 0 Å². The Balaban J connectivity index is 2.04. The van der Waals surface area contributed by atoms with Crippen LogP contribution in [-0.4, -0.2) is 15.2 Å². The molecule has 3 aromatic rings. The fourth-order valence-electron chi connectivity index (χ4n) is 2.25. The van der Waals surface area contributed by atoms with Crippen molar-refractivity contribution in [1.29, 1.82) is 0 Å². The van der Waals surface area contributed by atoms with Gasteiger partial charge in [0.25, 0.3) is 0 Å². The van der Waals surface area contributed by atoms with Crippen LogP contribution in [0.1, 0.15) is 11.1 Å². The first-order valence-corrected chi connectivity index (χ1v) is 6.67. The van der Waals surface area contributed by atoms with Crippen LogP contribution < -0.4 is 4.74 Å². The van der Waals surface area contributed by atoms with Gasteiger partial charge in [-0.05, 0) is 29.1 Å². The number of fused-ring (bicyclic) bond motifs is 1. The first-order chi connectivity index (χ1) is 10.3. The van der Waals surface area contributed by atoms with Crippen molar-refractivity contribution in [1.82, 2.24) is 4.98 Å². The maximum Gasteiger partial charge on any atom is 0.227 e. The summed E-state index contributed by atoms with van der Waals surface area (Å²) < 4.78 is 5.83. The highest BCUT2D eigenvalue weighted by atomic mass is 16.5. The first-order valence-electron chi connectivity index (χ1n) is 6.67. The SMILES string of the molecule is OCc1cccc(Oc2ncc(CO)c3ccccc23)c1. The number of hydrogen-bond acceptors (Lipinski definition) is 4. The highest BCUT2D eigenvalue weighted by Gasteiger charge is 2.08. The lowest BCUT2D eigenvalue weighted by molar-refractivity contribution is 0.281. The Kier molecular flexibility index (Phi) is 3.81. The Morgan fingerprint density at radius 2 is 1.71 bits per heavy atom. The second kappa shape index (κ2) is 5.91. The van der Waals surface area contributed by atoms with Gasteiger partial charge in [-0.3, -0.25) is 0 Å². The molecule has 4 heteroatoms. The van der Waals surface area contributed by atoms with Gasteiger partial charge in [0.2, 0.25) is 5.88 Å². The standard InChI is InChI=1S/C17H15NO3/c19-10-12-4-3-5-14(8-12)21-17-16-7-2-1-6-15(16)13(11-20)9-18-17/h1-9,19-20H,10-11H2. The van der Waals surface area contributed by atoms with Gasteiger partial charge in [-0.1, -0.05) is 30.3 Å². The molecule has 1 heterocycles. The Hall–Kier alpha value is -2.43. The molecule has 21 heavy (non-hydrogen) atoms. The van der Waals surface area contributed by atoms with Crippen molar-refractivity contribution >= 4 is 10.8 Å². The molecule has 106 valence electrons. The predicted molar refractivity (Wildman–Crippen MR) is 80.1 cm³/mol. The summed E-state index contributed by atoms with van der Waals surface area (Å²) in [5.41, 5.74) is 1.55. The molecule has 4 nitrogen and oxygen atoms in total. The summed E-state index contributed by atoms with van der Waals surface area (Å²) in [7, 11) is 0. The van der Waals surface area contributed by atoms with E-state index in [0.717, 1.165) is 21.9 Å². The maximum absolute atomic E-state index is 9.38. The van der Waals surface area contributed by atoms with E-state index in [1.807, 2.05) is 42.5 Å². The molecule has 0 saturated heterocycles. The van der Waals surface area contributed by atoms with Gasteiger partial charge in [-0.25, -0.2) is 4.98 Å². The molecule has 0 aliphatic carbocycles. The molecule has 0 aliphatic heterocycles. The van der Waals surface area contributed by atoms with Crippen LogP contribution in [-0.2, 0) is 13.2 Å². The topological polar surface area (TPSA) is 62.6 Å². The molecule has 0 atom stereocenters. The molecule has 0 saturated carbocycles. The zero-order valence-corrected chi connectivity index (χ0v) is 11.4. The monoisotopic (exact) mass is 281 g/mol. The molecule has 0 unspecified atom stereocenters. The number of benzene rings is 2. The molecule has 1 aromatic heterocycles. The lowest BCUT2D eigenvalue weighted by Gasteiger charge is -2.10. The number of ether oxygens (including phenoxy) is 1. The van der Waals surface area contributed by atoms with E-state index in [0.29, 0.717) is 11.6 Å². The van der Waals surface area contributed by atoms with Crippen LogP contribution in [0.5, 0.6) is 11.6 Å². The lowest BCUT2D eigenvalue weighted by Crippen LogP contribution is -1.94. The number of nitrogens with zero attached hydrogens (tertiary/aromatic N) is 1. The molecular weight excluding hydrogens is 266 g/mol. The third kappa shape index (κ3) is 2.72. The van der Waals surface area contributed by atoms with E-state index in [-0.39, 0.29) is 13.2 Å². The van der Waals surface area contributed by atoms with E-state index in [9.17, 15) is 5.11 Å². The third-order valence-electron chi connectivity index (χ3n) is 3.31. The predicted octanol–water partition coefficient (Wildman–Crippen LogP) is 3.01. The van der Waals surface area contributed by atoms with E-state index >= 15 is 0 Å². The largest absolute Gasteiger partial charge is 0.438 e. The van der Waals surface area contributed by atoms with Crippen LogP contribution in [0.2, 0.25) is 0 Å². The minimum Gasteiger partial charge on any atom is -0.438 e. The number of pyridine rings is 1. The van der Waals surface area contributed by atoms with Crippen molar-refractivity contribution in [3.05, 3.63) is 65.9 Å². The highest BCUT2D eigenvalue weighted by Crippen LogP contribution is 2.30. The molecule has 3 rings (SSSR count). The zero-order chi connectivity index (χ0) is 14.7. The molecule has 0 aliphatic rings. The van der Waals surface area contributed by atoms with Crippen LogP contribution in [0.15, 0.2) is 54.7 Å². The summed E-state index contributed by atoms with van der Waals surface area (Å²) in [6.45, 7) is -0.0946. The van der Waals surface area contributed by atoms with Crippen LogP contribution in [0.25, 0.3) is 10.8 Å². The Morgan fingerprint density at radius 3 is 2.48 bits per heavy atom. The van der Waals surface area contributed by atoms with Crippen molar-refractivity contribution in [2.24, 2.45) is 0 Å². The number of hydrogen-bond donors (Lipinski definition) is 2. The van der Waals surface area contributed by atoms with Crippen LogP contribution in [0.3, 0.4) is 0 Å². The fourth-order valence-corrected chi connectivity index (χ4v) is 2.25. The molecule has 0 radical (unpaired) electrons. The van der Waals surface area contributed by atoms with Crippen LogP contribution in [0, 0.1) is 0 Å². The van der Waals surface area contributed by atoms with Gasteiger partial charge < -0.3 is 14.9 Å². The van der Waals surface area contributed by atoms with E-state index in [1.54, 1.807) is 12.3 Å². The molecule has 0 fully saturated rings. The summed E-state index contributed by atoms with van der Waals surface area (Å²) in [6.07, 6.45) is 1.62. The summed E-state index contributed by atoms with van der Waals surface area (Å²) in [4.78, 5) is 4.28. The summed E-state index contributed by atoms with van der Waals surface area (Å²) >= 11 is 0. The number of aromatic nitrogens is 1. The van der Waals surface area contributed by atoms with E-state index in [2.05, 4.69) is 4.98 Å². The van der Waals surface area contributed by atoms with Crippen molar-refractivity contribution in [2.75, 3.05) is 0 Å². The summed E-state index contributed by atoms with van der Waals surface area (Å²) in [6, 6.07) is 14.9. The Morgan fingerprint density at radius 1 is 0.905 bits per heavy atom. The van der Waals surface area contributed by atoms with Gasteiger partial charge in [0.1, 0.15) is 5.75 Å². The first kappa shape index (κ1) is 13.5.